The molecule has 7 nitrogen and oxygen atoms in total. The Kier molecular flexibility index (Phi) is 6.96. The molecule has 0 spiro atoms. The summed E-state index contributed by atoms with van der Waals surface area (Å²) in [6.45, 7) is 2.29. The molecule has 3 aromatic rings. The number of anilines is 1. The Morgan fingerprint density at radius 1 is 1.19 bits per heavy atom. The van der Waals surface area contributed by atoms with Crippen LogP contribution in [-0.4, -0.2) is 46.5 Å². The number of nitrogens with one attached hydrogen (secondary N) is 1. The molecule has 166 valence electrons. The van der Waals surface area contributed by atoms with Crippen LogP contribution in [0.15, 0.2) is 53.9 Å². The Labute approximate surface area is 194 Å². The van der Waals surface area contributed by atoms with Crippen LogP contribution in [0.5, 0.6) is 11.5 Å². The summed E-state index contributed by atoms with van der Waals surface area (Å²) < 4.78 is 11.0. The lowest BCUT2D eigenvalue weighted by molar-refractivity contribution is -0.119. The van der Waals surface area contributed by atoms with Crippen molar-refractivity contribution < 1.29 is 19.1 Å². The number of carbonyl (C=O) groups excluding carboxylic acids is 2. The molecule has 0 bridgehead atoms. The van der Waals surface area contributed by atoms with Crippen molar-refractivity contribution in [2.45, 2.75) is 19.6 Å². The quantitative estimate of drug-likeness (QED) is 0.559. The highest BCUT2D eigenvalue weighted by molar-refractivity contribution is 7.99. The van der Waals surface area contributed by atoms with Crippen molar-refractivity contribution in [3.8, 4) is 11.5 Å². The maximum Gasteiger partial charge on any atom is 0.255 e. The number of benzene rings is 2. The summed E-state index contributed by atoms with van der Waals surface area (Å²) >= 11 is 3.13. The number of ether oxygens (including phenoxy) is 2. The molecule has 0 radical (unpaired) electrons. The zero-order valence-corrected chi connectivity index (χ0v) is 19.4. The van der Waals surface area contributed by atoms with Crippen molar-refractivity contribution in [1.82, 2.24) is 9.88 Å². The van der Waals surface area contributed by atoms with Gasteiger partial charge in [0.2, 0.25) is 5.91 Å². The predicted octanol–water partition coefficient (Wildman–Crippen LogP) is 4.19. The minimum atomic E-state index is -0.544. The first-order chi connectivity index (χ1) is 15.5. The molecule has 1 aromatic heterocycles. The Balaban J connectivity index is 1.41. The number of methoxy groups -OCH3 is 1. The highest BCUT2D eigenvalue weighted by atomic mass is 32.2. The van der Waals surface area contributed by atoms with Gasteiger partial charge in [0.15, 0.2) is 0 Å². The second kappa shape index (κ2) is 10.1. The summed E-state index contributed by atoms with van der Waals surface area (Å²) in [6, 6.07) is 13.6. The van der Waals surface area contributed by atoms with E-state index in [0.717, 1.165) is 10.7 Å². The second-order valence-corrected chi connectivity index (χ2v) is 9.24. The van der Waals surface area contributed by atoms with E-state index in [1.807, 2.05) is 18.4 Å². The molecule has 2 heterocycles. The van der Waals surface area contributed by atoms with Crippen LogP contribution < -0.4 is 14.8 Å². The number of rotatable bonds is 7. The molecule has 0 aliphatic carbocycles. The maximum atomic E-state index is 13.2. The van der Waals surface area contributed by atoms with E-state index >= 15 is 0 Å². The van der Waals surface area contributed by atoms with Crippen LogP contribution in [0.2, 0.25) is 0 Å². The highest BCUT2D eigenvalue weighted by Gasteiger charge is 2.35. The molecule has 1 N–H and O–H groups in total. The third-order valence-electron chi connectivity index (χ3n) is 4.94. The molecule has 1 aliphatic heterocycles. The number of thioether (sulfide) groups is 1. The molecule has 1 fully saturated rings. The second-order valence-electron chi connectivity index (χ2n) is 7.18. The number of aromatic nitrogens is 1. The molecule has 1 atom stereocenters. The number of hydrogen-bond donors (Lipinski definition) is 1. The summed E-state index contributed by atoms with van der Waals surface area (Å²) in [7, 11) is 1.59. The summed E-state index contributed by atoms with van der Waals surface area (Å²) in [5.41, 5.74) is 2.00. The number of amides is 2. The monoisotopic (exact) mass is 469 g/mol. The first-order valence-electron chi connectivity index (χ1n) is 10.0. The maximum absolute atomic E-state index is 13.2. The van der Waals surface area contributed by atoms with Crippen molar-refractivity contribution in [1.29, 1.82) is 0 Å². The first kappa shape index (κ1) is 22.2. The van der Waals surface area contributed by atoms with Gasteiger partial charge in [-0.2, -0.15) is 0 Å². The zero-order valence-electron chi connectivity index (χ0n) is 17.7. The smallest absolute Gasteiger partial charge is 0.255 e. The normalized spacial score (nSPS) is 15.4. The van der Waals surface area contributed by atoms with Crippen molar-refractivity contribution in [2.75, 3.05) is 24.1 Å². The number of carbonyl (C=O) groups is 2. The van der Waals surface area contributed by atoms with E-state index < -0.39 is 6.04 Å². The van der Waals surface area contributed by atoms with Gasteiger partial charge in [0.1, 0.15) is 24.1 Å². The number of thiazole rings is 1. The number of nitrogens with zero attached hydrogens (tertiary/aromatic N) is 2. The highest BCUT2D eigenvalue weighted by Crippen LogP contribution is 2.26. The van der Waals surface area contributed by atoms with E-state index in [1.165, 1.54) is 0 Å². The van der Waals surface area contributed by atoms with Gasteiger partial charge in [-0.05, 0) is 49.4 Å². The molecular weight excluding hydrogens is 446 g/mol. The third kappa shape index (κ3) is 5.23. The average Bonchev–Trinajstić information content (AvgIpc) is 3.47. The molecule has 0 saturated carbocycles. The van der Waals surface area contributed by atoms with Gasteiger partial charge < -0.3 is 19.7 Å². The molecule has 1 unspecified atom stereocenters. The van der Waals surface area contributed by atoms with Crippen molar-refractivity contribution in [3.63, 3.8) is 0 Å². The van der Waals surface area contributed by atoms with Crippen molar-refractivity contribution in [2.24, 2.45) is 0 Å². The van der Waals surface area contributed by atoms with Gasteiger partial charge in [0.05, 0.1) is 23.7 Å². The van der Waals surface area contributed by atoms with Crippen LogP contribution in [0.25, 0.3) is 0 Å². The number of hydrogen-bond acceptors (Lipinski definition) is 7. The Bertz CT molecular complexity index is 1100. The SMILES string of the molecule is COc1ccc(NC(=O)C2CSCN2C(=O)c2cccc(OCc3csc(C)n3)c2)cc1. The van der Waals surface area contributed by atoms with E-state index in [-0.39, 0.29) is 11.8 Å². The summed E-state index contributed by atoms with van der Waals surface area (Å²) in [4.78, 5) is 32.0. The lowest BCUT2D eigenvalue weighted by Crippen LogP contribution is -2.44. The van der Waals surface area contributed by atoms with Crippen LogP contribution in [0, 0.1) is 6.92 Å². The van der Waals surface area contributed by atoms with Gasteiger partial charge in [0, 0.05) is 22.4 Å². The summed E-state index contributed by atoms with van der Waals surface area (Å²) in [5.74, 6) is 1.91. The Morgan fingerprint density at radius 3 is 2.72 bits per heavy atom. The van der Waals surface area contributed by atoms with E-state index in [2.05, 4.69) is 10.3 Å². The van der Waals surface area contributed by atoms with Crippen LogP contribution in [-0.2, 0) is 11.4 Å². The zero-order chi connectivity index (χ0) is 22.5. The molecular formula is C23H23N3O4S2. The summed E-state index contributed by atoms with van der Waals surface area (Å²) in [5, 5.41) is 5.83. The van der Waals surface area contributed by atoms with Gasteiger partial charge in [-0.25, -0.2) is 4.98 Å². The lowest BCUT2D eigenvalue weighted by Gasteiger charge is -2.23. The topological polar surface area (TPSA) is 80.8 Å². The predicted molar refractivity (Wildman–Crippen MR) is 127 cm³/mol. The fourth-order valence-corrected chi connectivity index (χ4v) is 5.03. The van der Waals surface area contributed by atoms with Crippen molar-refractivity contribution in [3.05, 3.63) is 70.2 Å². The molecule has 2 aromatic carbocycles. The van der Waals surface area contributed by atoms with Crippen LogP contribution >= 0.6 is 23.1 Å². The van der Waals surface area contributed by atoms with E-state index in [9.17, 15) is 9.59 Å². The molecule has 32 heavy (non-hydrogen) atoms. The Morgan fingerprint density at radius 2 is 2.00 bits per heavy atom. The van der Waals surface area contributed by atoms with Gasteiger partial charge >= 0.3 is 0 Å². The van der Waals surface area contributed by atoms with Crippen LogP contribution in [0.4, 0.5) is 5.69 Å². The van der Waals surface area contributed by atoms with E-state index in [4.69, 9.17) is 9.47 Å². The van der Waals surface area contributed by atoms with E-state index in [0.29, 0.717) is 41.0 Å². The number of aryl methyl sites for hydroxylation is 1. The molecule has 2 amide bonds. The molecule has 1 saturated heterocycles. The molecule has 9 heteroatoms. The van der Waals surface area contributed by atoms with Gasteiger partial charge in [-0.3, -0.25) is 9.59 Å². The van der Waals surface area contributed by atoms with E-state index in [1.54, 1.807) is 77.6 Å². The van der Waals surface area contributed by atoms with Crippen molar-refractivity contribution >= 4 is 40.6 Å². The fourth-order valence-electron chi connectivity index (χ4n) is 3.28. The summed E-state index contributed by atoms with van der Waals surface area (Å²) in [6.07, 6.45) is 0. The third-order valence-corrected chi connectivity index (χ3v) is 6.77. The van der Waals surface area contributed by atoms with Gasteiger partial charge in [0.25, 0.3) is 5.91 Å². The van der Waals surface area contributed by atoms with Gasteiger partial charge in [-0.15, -0.1) is 23.1 Å². The Hall–Kier alpha value is -3.04. The standard InChI is InChI=1S/C23H23N3O4S2/c1-15-24-18(12-32-15)11-30-20-5-3-4-16(10-20)23(28)26-14-31-13-21(26)22(27)25-17-6-8-19(29-2)9-7-17/h3-10,12,21H,11,13-14H2,1-2H3,(H,25,27). The minimum absolute atomic E-state index is 0.195. The molecule has 1 aliphatic rings. The lowest BCUT2D eigenvalue weighted by atomic mass is 10.1. The van der Waals surface area contributed by atoms with Gasteiger partial charge in [-0.1, -0.05) is 6.07 Å². The molecule has 4 rings (SSSR count). The largest absolute Gasteiger partial charge is 0.497 e. The first-order valence-corrected chi connectivity index (χ1v) is 12.0. The fraction of sp³-hybridized carbons (Fsp3) is 0.261. The average molecular weight is 470 g/mol. The minimum Gasteiger partial charge on any atom is -0.497 e. The van der Waals surface area contributed by atoms with Crippen LogP contribution in [0.3, 0.4) is 0 Å². The van der Waals surface area contributed by atoms with Crippen LogP contribution in [0.1, 0.15) is 21.1 Å².